The average molecular weight is 331 g/mol. The minimum atomic E-state index is -4.66. The van der Waals surface area contributed by atoms with Gasteiger partial charge in [-0.15, -0.1) is 0 Å². The summed E-state index contributed by atoms with van der Waals surface area (Å²) in [5.41, 5.74) is -0.208. The Bertz CT molecular complexity index is 827. The van der Waals surface area contributed by atoms with Gasteiger partial charge in [0.25, 0.3) is 0 Å². The highest BCUT2D eigenvalue weighted by Crippen LogP contribution is 2.35. The van der Waals surface area contributed by atoms with Crippen molar-refractivity contribution in [2.24, 2.45) is 0 Å². The van der Waals surface area contributed by atoms with Crippen molar-refractivity contribution in [1.82, 2.24) is 9.97 Å². The maximum atomic E-state index is 13.9. The van der Waals surface area contributed by atoms with Crippen LogP contribution in [-0.4, -0.2) is 9.97 Å². The maximum Gasteiger partial charge on any atom is 0.449 e. The van der Waals surface area contributed by atoms with E-state index in [0.717, 1.165) is 6.07 Å². The first kappa shape index (κ1) is 14.6. The fourth-order valence-corrected chi connectivity index (χ4v) is 2.00. The topological polar surface area (TPSA) is 37.9 Å². The summed E-state index contributed by atoms with van der Waals surface area (Å²) < 4.78 is 57.3. The van der Waals surface area contributed by atoms with Gasteiger partial charge in [-0.25, -0.2) is 9.37 Å². The summed E-state index contributed by atoms with van der Waals surface area (Å²) in [4.78, 5) is 5.48. The Morgan fingerprint density at radius 1 is 1.05 bits per heavy atom. The Hall–Kier alpha value is -2.28. The second-order valence-electron chi connectivity index (χ2n) is 4.41. The minimum absolute atomic E-state index is 0.0256. The lowest BCUT2D eigenvalue weighted by molar-refractivity contribution is -0.144. The summed E-state index contributed by atoms with van der Waals surface area (Å²) in [7, 11) is 0. The van der Waals surface area contributed by atoms with Crippen molar-refractivity contribution >= 4 is 22.6 Å². The number of hydrogen-bond acceptors (Lipinski definition) is 2. The number of benzene rings is 2. The molecule has 1 heterocycles. The summed E-state index contributed by atoms with van der Waals surface area (Å²) in [5, 5.41) is 0.449. The van der Waals surface area contributed by atoms with Crippen LogP contribution < -0.4 is 4.74 Å². The van der Waals surface area contributed by atoms with Crippen molar-refractivity contribution in [3.8, 4) is 11.5 Å². The van der Waals surface area contributed by atoms with Gasteiger partial charge in [0.2, 0.25) is 5.82 Å². The molecule has 0 radical (unpaired) electrons. The van der Waals surface area contributed by atoms with Crippen LogP contribution in [0.3, 0.4) is 0 Å². The number of H-pyrrole nitrogens is 1. The molecule has 8 heteroatoms. The highest BCUT2D eigenvalue weighted by Gasteiger charge is 2.35. The Balaban J connectivity index is 2.09. The molecule has 3 aromatic rings. The Labute approximate surface area is 126 Å². The van der Waals surface area contributed by atoms with Gasteiger partial charge >= 0.3 is 6.18 Å². The lowest BCUT2D eigenvalue weighted by Crippen LogP contribution is -2.06. The third-order valence-electron chi connectivity index (χ3n) is 2.86. The second-order valence-corrected chi connectivity index (χ2v) is 4.85. The molecule has 3 nitrogen and oxygen atoms in total. The number of aromatic nitrogens is 2. The molecule has 0 saturated carbocycles. The fourth-order valence-electron chi connectivity index (χ4n) is 1.88. The molecule has 22 heavy (non-hydrogen) atoms. The molecule has 1 aromatic heterocycles. The van der Waals surface area contributed by atoms with Crippen LogP contribution in [0.1, 0.15) is 5.82 Å². The zero-order valence-corrected chi connectivity index (χ0v) is 11.5. The molecule has 0 amide bonds. The quantitative estimate of drug-likeness (QED) is 0.658. The highest BCUT2D eigenvalue weighted by atomic mass is 35.5. The summed E-state index contributed by atoms with van der Waals surface area (Å²) in [6.07, 6.45) is -4.66. The number of hydrogen-bond donors (Lipinski definition) is 1. The predicted octanol–water partition coefficient (Wildman–Crippen LogP) is 5.17. The maximum absolute atomic E-state index is 13.9. The third-order valence-corrected chi connectivity index (χ3v) is 3.11. The first-order valence-electron chi connectivity index (χ1n) is 6.03. The van der Waals surface area contributed by atoms with Crippen LogP contribution in [0.2, 0.25) is 5.02 Å². The van der Waals surface area contributed by atoms with Crippen LogP contribution in [0.4, 0.5) is 17.6 Å². The fraction of sp³-hybridized carbons (Fsp3) is 0.0714. The molecular formula is C14H7ClF4N2O. The molecule has 0 aliphatic heterocycles. The van der Waals surface area contributed by atoms with Crippen LogP contribution in [0, 0.1) is 5.82 Å². The van der Waals surface area contributed by atoms with E-state index in [1.54, 1.807) is 0 Å². The molecule has 0 spiro atoms. The van der Waals surface area contributed by atoms with Crippen molar-refractivity contribution in [3.05, 3.63) is 53.1 Å². The van der Waals surface area contributed by atoms with E-state index in [4.69, 9.17) is 16.3 Å². The van der Waals surface area contributed by atoms with Crippen molar-refractivity contribution in [2.45, 2.75) is 6.18 Å². The van der Waals surface area contributed by atoms with Gasteiger partial charge in [-0.2, -0.15) is 13.2 Å². The van der Waals surface area contributed by atoms with Gasteiger partial charge in [-0.1, -0.05) is 11.6 Å². The SMILES string of the molecule is Fc1ccc2[nH]c(C(F)(F)F)nc2c1Oc1ccc(Cl)cc1. The zero-order chi connectivity index (χ0) is 15.9. The molecule has 0 fully saturated rings. The van der Waals surface area contributed by atoms with Crippen LogP contribution in [-0.2, 0) is 6.18 Å². The normalized spacial score (nSPS) is 11.9. The predicted molar refractivity (Wildman–Crippen MR) is 72.6 cm³/mol. The third kappa shape index (κ3) is 2.71. The van der Waals surface area contributed by atoms with Crippen LogP contribution in [0.25, 0.3) is 11.0 Å². The molecule has 0 aliphatic rings. The molecule has 2 aromatic carbocycles. The standard InChI is InChI=1S/C14H7ClF4N2O/c15-7-1-3-8(4-2-7)22-12-9(16)5-6-10-11(12)21-13(20-10)14(17,18)19/h1-6H,(H,20,21). The molecule has 114 valence electrons. The summed E-state index contributed by atoms with van der Waals surface area (Å²) in [5.74, 6) is -2.18. The molecule has 0 saturated heterocycles. The lowest BCUT2D eigenvalue weighted by atomic mass is 10.2. The minimum Gasteiger partial charge on any atom is -0.452 e. The van der Waals surface area contributed by atoms with E-state index in [0.29, 0.717) is 5.02 Å². The summed E-state index contributed by atoms with van der Waals surface area (Å²) >= 11 is 5.72. The largest absolute Gasteiger partial charge is 0.452 e. The first-order valence-corrected chi connectivity index (χ1v) is 6.41. The Morgan fingerprint density at radius 2 is 1.73 bits per heavy atom. The second kappa shape index (κ2) is 5.17. The van der Waals surface area contributed by atoms with Crippen molar-refractivity contribution in [1.29, 1.82) is 0 Å². The molecule has 1 N–H and O–H groups in total. The van der Waals surface area contributed by atoms with Gasteiger partial charge in [0.15, 0.2) is 11.6 Å². The molecule has 0 aliphatic carbocycles. The Morgan fingerprint density at radius 3 is 2.36 bits per heavy atom. The van der Waals surface area contributed by atoms with E-state index in [9.17, 15) is 17.6 Å². The Kier molecular flexibility index (Phi) is 3.44. The number of nitrogens with zero attached hydrogens (tertiary/aromatic N) is 1. The van der Waals surface area contributed by atoms with Crippen LogP contribution >= 0.6 is 11.6 Å². The number of alkyl halides is 3. The molecular weight excluding hydrogens is 324 g/mol. The number of fused-ring (bicyclic) bond motifs is 1. The molecule has 0 bridgehead atoms. The smallest absolute Gasteiger partial charge is 0.449 e. The highest BCUT2D eigenvalue weighted by molar-refractivity contribution is 6.30. The number of ether oxygens (including phenoxy) is 1. The van der Waals surface area contributed by atoms with E-state index >= 15 is 0 Å². The zero-order valence-electron chi connectivity index (χ0n) is 10.7. The van der Waals surface area contributed by atoms with Gasteiger partial charge in [0.05, 0.1) is 5.52 Å². The van der Waals surface area contributed by atoms with Crippen molar-refractivity contribution in [2.75, 3.05) is 0 Å². The average Bonchev–Trinajstić information content (AvgIpc) is 2.89. The number of halogens is 5. The first-order chi connectivity index (χ1) is 10.3. The van der Waals surface area contributed by atoms with Crippen molar-refractivity contribution < 1.29 is 22.3 Å². The number of nitrogens with one attached hydrogen (secondary N) is 1. The number of rotatable bonds is 2. The van der Waals surface area contributed by atoms with E-state index in [1.807, 2.05) is 0 Å². The van der Waals surface area contributed by atoms with E-state index < -0.39 is 17.8 Å². The van der Waals surface area contributed by atoms with Crippen molar-refractivity contribution in [3.63, 3.8) is 0 Å². The van der Waals surface area contributed by atoms with Gasteiger partial charge in [-0.3, -0.25) is 0 Å². The number of aromatic amines is 1. The van der Waals surface area contributed by atoms with E-state index in [2.05, 4.69) is 9.97 Å². The summed E-state index contributed by atoms with van der Waals surface area (Å²) in [6.45, 7) is 0. The monoisotopic (exact) mass is 330 g/mol. The van der Waals surface area contributed by atoms with E-state index in [-0.39, 0.29) is 22.5 Å². The van der Waals surface area contributed by atoms with Crippen LogP contribution in [0.5, 0.6) is 11.5 Å². The summed E-state index contributed by atoms with van der Waals surface area (Å²) in [6, 6.07) is 8.14. The van der Waals surface area contributed by atoms with Gasteiger partial charge in [0, 0.05) is 5.02 Å². The number of imidazole rings is 1. The van der Waals surface area contributed by atoms with Gasteiger partial charge in [-0.05, 0) is 36.4 Å². The lowest BCUT2D eigenvalue weighted by Gasteiger charge is -2.07. The van der Waals surface area contributed by atoms with Gasteiger partial charge < -0.3 is 9.72 Å². The molecule has 0 unspecified atom stereocenters. The van der Waals surface area contributed by atoms with Crippen LogP contribution in [0.15, 0.2) is 36.4 Å². The molecule has 3 rings (SSSR count). The van der Waals surface area contributed by atoms with E-state index in [1.165, 1.54) is 30.3 Å². The molecule has 0 atom stereocenters. The van der Waals surface area contributed by atoms with Gasteiger partial charge in [0.1, 0.15) is 11.3 Å².